The maximum absolute atomic E-state index is 11.5. The molecule has 0 fully saturated rings. The normalized spacial score (nSPS) is 15.4. The lowest BCUT2D eigenvalue weighted by Crippen LogP contribution is -2.02. The van der Waals surface area contributed by atoms with Gasteiger partial charge in [-0.25, -0.2) is 4.21 Å². The highest BCUT2D eigenvalue weighted by Gasteiger charge is 2.07. The fourth-order valence-electron chi connectivity index (χ4n) is 0.714. The predicted octanol–water partition coefficient (Wildman–Crippen LogP) is 1.92. The number of halogens is 1. The van der Waals surface area contributed by atoms with Gasteiger partial charge in [0, 0.05) is 11.2 Å². The Kier molecular flexibility index (Phi) is 3.46. The van der Waals surface area contributed by atoms with Crippen LogP contribution >= 0.6 is 11.6 Å². The largest absolute Gasteiger partial charge is 0.270 e. The summed E-state index contributed by atoms with van der Waals surface area (Å²) in [4.78, 5) is 0.487. The Hall–Kier alpha value is -0.160. The van der Waals surface area contributed by atoms with Gasteiger partial charge in [-0.15, -0.1) is 0 Å². The maximum Gasteiger partial charge on any atom is 0.174 e. The van der Waals surface area contributed by atoms with Crippen molar-refractivity contribution < 1.29 is 8.39 Å². The third kappa shape index (κ3) is 2.42. The molecule has 0 saturated heterocycles. The summed E-state index contributed by atoms with van der Waals surface area (Å²) in [7, 11) is -2.81. The summed E-state index contributed by atoms with van der Waals surface area (Å²) in [5.41, 5.74) is 0. The molecule has 0 N–H and O–H groups in total. The summed E-state index contributed by atoms with van der Waals surface area (Å²) in [6.45, 7) is 0. The van der Waals surface area contributed by atoms with Crippen LogP contribution in [0.5, 0.6) is 0 Å². The molecule has 0 saturated carbocycles. The third-order valence-electron chi connectivity index (χ3n) is 1.23. The predicted molar refractivity (Wildman–Crippen MR) is 52.0 cm³/mol. The second-order valence-electron chi connectivity index (χ2n) is 1.99. The Balaban J connectivity index is 2.99. The molecule has 0 aliphatic carbocycles. The Morgan fingerprint density at radius 3 is 2.50 bits per heavy atom. The van der Waals surface area contributed by atoms with Gasteiger partial charge in [-0.2, -0.15) is 0 Å². The highest BCUT2D eigenvalue weighted by molar-refractivity contribution is 8.30. The summed E-state index contributed by atoms with van der Waals surface area (Å²) in [6, 6.07) is 8.47. The van der Waals surface area contributed by atoms with Gasteiger partial charge in [-0.1, -0.05) is 29.8 Å². The lowest BCUT2D eigenvalue weighted by Gasteiger charge is -2.04. The van der Waals surface area contributed by atoms with E-state index in [0.29, 0.717) is 4.90 Å². The zero-order chi connectivity index (χ0) is 9.03. The summed E-state index contributed by atoms with van der Waals surface area (Å²) in [6.07, 6.45) is 0. The van der Waals surface area contributed by atoms with Crippen LogP contribution in [0.1, 0.15) is 0 Å². The fraction of sp³-hybridized carbons (Fsp3) is 0.143. The van der Waals surface area contributed by atoms with Crippen LogP contribution in [-0.4, -0.2) is 10.3 Å². The lowest BCUT2D eigenvalue weighted by molar-refractivity contribution is 0.418. The molecule has 2 nitrogen and oxygen atoms in total. The van der Waals surface area contributed by atoms with Gasteiger partial charge in [0.15, 0.2) is 8.77 Å². The second-order valence-corrected chi connectivity index (χ2v) is 5.14. The molecule has 0 aromatic heterocycles. The average Bonchev–Trinajstić information content (AvgIpc) is 2.06. The fourth-order valence-corrected chi connectivity index (χ4v) is 2.47. The van der Waals surface area contributed by atoms with Crippen molar-refractivity contribution in [3.05, 3.63) is 30.3 Å². The van der Waals surface area contributed by atoms with E-state index in [-0.39, 0.29) is 6.07 Å². The van der Waals surface area contributed by atoms with Crippen molar-refractivity contribution in [1.82, 2.24) is 0 Å². The highest BCUT2D eigenvalue weighted by Crippen LogP contribution is 2.11. The molecule has 0 spiro atoms. The van der Waals surface area contributed by atoms with Crippen molar-refractivity contribution in [1.29, 1.82) is 0 Å². The molecule has 1 unspecified atom stereocenters. The Labute approximate surface area is 81.4 Å². The first-order valence-electron chi connectivity index (χ1n) is 3.17. The van der Waals surface area contributed by atoms with Gasteiger partial charge in [0.05, 0.1) is 4.90 Å². The first-order valence-corrected chi connectivity index (χ1v) is 6.11. The topological polar surface area (TPSA) is 26.3 Å². The van der Waals surface area contributed by atoms with Crippen LogP contribution < -0.4 is 0 Å². The van der Waals surface area contributed by atoms with E-state index in [1.54, 1.807) is 24.3 Å². The Morgan fingerprint density at radius 2 is 2.00 bits per heavy atom. The molecule has 12 heavy (non-hydrogen) atoms. The van der Waals surface area contributed by atoms with E-state index in [9.17, 15) is 4.21 Å². The van der Waals surface area contributed by atoms with Crippen LogP contribution in [0.3, 0.4) is 0 Å². The number of hydrogen-bond acceptors (Lipinski definition) is 3. The molecule has 0 aliphatic heterocycles. The smallest absolute Gasteiger partial charge is 0.174 e. The van der Waals surface area contributed by atoms with Crippen LogP contribution in [0.2, 0.25) is 0 Å². The van der Waals surface area contributed by atoms with Gasteiger partial charge in [-0.3, -0.25) is 4.18 Å². The zero-order valence-corrected chi connectivity index (χ0v) is 8.49. The minimum absolute atomic E-state index is 0.156. The molecular formula is C7H7ClO2S2. The van der Waals surface area contributed by atoms with Crippen molar-refractivity contribution >= 4 is 31.6 Å². The van der Waals surface area contributed by atoms with Crippen LogP contribution in [-0.2, 0) is 24.1 Å². The number of rotatable bonds is 3. The van der Waals surface area contributed by atoms with Gasteiger partial charge in [0.2, 0.25) is 0 Å². The number of alkyl halides is 1. The van der Waals surface area contributed by atoms with Gasteiger partial charge in [0.1, 0.15) is 6.07 Å². The first-order chi connectivity index (χ1) is 5.67. The standard InChI is InChI=1S/C7H7ClO2S2/c8-6-10-12(9,11)7-4-2-1-3-5-7/h1-5H,6H2. The highest BCUT2D eigenvalue weighted by atomic mass is 35.5. The van der Waals surface area contributed by atoms with Crippen molar-refractivity contribution in [3.8, 4) is 0 Å². The maximum atomic E-state index is 11.5. The number of hydrogen-bond donors (Lipinski definition) is 0. The zero-order valence-electron chi connectivity index (χ0n) is 6.10. The molecule has 1 rings (SSSR count). The molecule has 0 radical (unpaired) electrons. The first kappa shape index (κ1) is 9.92. The molecule has 5 heteroatoms. The minimum atomic E-state index is -2.81. The van der Waals surface area contributed by atoms with E-state index < -0.39 is 8.77 Å². The second kappa shape index (κ2) is 4.18. The quantitative estimate of drug-likeness (QED) is 0.731. The van der Waals surface area contributed by atoms with E-state index in [2.05, 4.69) is 0 Å². The van der Waals surface area contributed by atoms with Crippen molar-refractivity contribution in [3.63, 3.8) is 0 Å². The van der Waals surface area contributed by atoms with Crippen LogP contribution in [0.4, 0.5) is 0 Å². The van der Waals surface area contributed by atoms with Gasteiger partial charge in [0.25, 0.3) is 0 Å². The van der Waals surface area contributed by atoms with Crippen LogP contribution in [0.15, 0.2) is 35.2 Å². The Bertz CT molecular complexity index is 334. The molecule has 0 amide bonds. The van der Waals surface area contributed by atoms with Crippen molar-refractivity contribution in [2.75, 3.05) is 6.07 Å². The van der Waals surface area contributed by atoms with Crippen molar-refractivity contribution in [2.45, 2.75) is 4.90 Å². The van der Waals surface area contributed by atoms with Crippen molar-refractivity contribution in [2.24, 2.45) is 0 Å². The van der Waals surface area contributed by atoms with Crippen LogP contribution in [0, 0.1) is 0 Å². The molecular weight excluding hydrogens is 216 g/mol. The van der Waals surface area contributed by atoms with E-state index >= 15 is 0 Å². The third-order valence-corrected chi connectivity index (χ3v) is 3.61. The SMILES string of the molecule is O=S(=S)(OCCl)c1ccccc1. The molecule has 0 heterocycles. The number of benzene rings is 1. The van der Waals surface area contributed by atoms with E-state index in [0.717, 1.165) is 0 Å². The molecule has 0 aliphatic rings. The molecule has 1 aromatic carbocycles. The molecule has 1 aromatic rings. The Morgan fingerprint density at radius 1 is 1.42 bits per heavy atom. The van der Waals surface area contributed by atoms with E-state index in [1.165, 1.54) is 0 Å². The molecule has 0 bridgehead atoms. The average molecular weight is 223 g/mol. The van der Waals surface area contributed by atoms with Crippen LogP contribution in [0.25, 0.3) is 0 Å². The van der Waals surface area contributed by atoms with Gasteiger partial charge >= 0.3 is 0 Å². The monoisotopic (exact) mass is 222 g/mol. The van der Waals surface area contributed by atoms with E-state index in [4.69, 9.17) is 27.0 Å². The summed E-state index contributed by atoms with van der Waals surface area (Å²) >= 11 is 10.00. The van der Waals surface area contributed by atoms with Gasteiger partial charge < -0.3 is 0 Å². The summed E-state index contributed by atoms with van der Waals surface area (Å²) < 4.78 is 16.2. The molecule has 1 atom stereocenters. The summed E-state index contributed by atoms with van der Waals surface area (Å²) in [5.74, 6) is 0. The van der Waals surface area contributed by atoms with E-state index in [1.807, 2.05) is 6.07 Å². The van der Waals surface area contributed by atoms with Gasteiger partial charge in [-0.05, 0) is 12.1 Å². The molecule has 66 valence electrons. The lowest BCUT2D eigenvalue weighted by atomic mass is 10.4. The minimum Gasteiger partial charge on any atom is -0.270 e. The summed E-state index contributed by atoms with van der Waals surface area (Å²) in [5, 5.41) is 0.